The van der Waals surface area contributed by atoms with Crippen molar-refractivity contribution in [2.75, 3.05) is 5.32 Å². The van der Waals surface area contributed by atoms with Crippen LogP contribution in [-0.2, 0) is 11.0 Å². The van der Waals surface area contributed by atoms with E-state index in [1.165, 1.54) is 30.3 Å². The molecule has 2 nitrogen and oxygen atoms in total. The van der Waals surface area contributed by atoms with Gasteiger partial charge in [-0.05, 0) is 23.8 Å². The van der Waals surface area contributed by atoms with Crippen LogP contribution in [0, 0.1) is 0 Å². The topological polar surface area (TPSA) is 29.1 Å². The third kappa shape index (κ3) is 4.02. The number of carbonyl (C=O) groups excluding carboxylic acids is 1. The van der Waals surface area contributed by atoms with Crippen molar-refractivity contribution in [2.24, 2.45) is 0 Å². The Morgan fingerprint density at radius 2 is 1.52 bits per heavy atom. The van der Waals surface area contributed by atoms with E-state index in [0.717, 1.165) is 18.2 Å². The molecule has 23 heavy (non-hydrogen) atoms. The van der Waals surface area contributed by atoms with Crippen LogP contribution in [0.4, 0.5) is 32.0 Å². The van der Waals surface area contributed by atoms with E-state index in [-0.39, 0.29) is 16.8 Å². The van der Waals surface area contributed by atoms with E-state index in [0.29, 0.717) is 0 Å². The Morgan fingerprint density at radius 3 is 2.13 bits per heavy atom. The van der Waals surface area contributed by atoms with Crippen LogP contribution in [0.3, 0.4) is 0 Å². The third-order valence-corrected chi connectivity index (χ3v) is 2.93. The van der Waals surface area contributed by atoms with Gasteiger partial charge in [0, 0.05) is 11.3 Å². The highest BCUT2D eigenvalue weighted by Crippen LogP contribution is 2.34. The summed E-state index contributed by atoms with van der Waals surface area (Å²) in [5, 5.41) is 1.66. The van der Waals surface area contributed by atoms with Crippen molar-refractivity contribution in [2.45, 2.75) is 12.4 Å². The lowest BCUT2D eigenvalue weighted by molar-refractivity contribution is -0.167. The number of hydrogen-bond acceptors (Lipinski definition) is 1. The zero-order valence-electron chi connectivity index (χ0n) is 11.3. The lowest BCUT2D eigenvalue weighted by atomic mass is 10.0. The summed E-state index contributed by atoms with van der Waals surface area (Å²) < 4.78 is 75.2. The molecule has 0 heterocycles. The average Bonchev–Trinajstić information content (AvgIpc) is 2.46. The van der Waals surface area contributed by atoms with Gasteiger partial charge in [0.2, 0.25) is 0 Å². The summed E-state index contributed by atoms with van der Waals surface area (Å²) in [5.41, 5.74) is -1.07. The van der Waals surface area contributed by atoms with Crippen molar-refractivity contribution in [1.82, 2.24) is 0 Å². The number of rotatable bonds is 2. The first-order valence-corrected chi connectivity index (χ1v) is 6.24. The van der Waals surface area contributed by atoms with Crippen molar-refractivity contribution < 1.29 is 31.1 Å². The molecular formula is C15H9F6NO. The number of carbonyl (C=O) groups is 1. The third-order valence-electron chi connectivity index (χ3n) is 2.93. The maximum absolute atomic E-state index is 12.7. The van der Waals surface area contributed by atoms with E-state index in [4.69, 9.17) is 0 Å². The molecule has 8 heteroatoms. The molecule has 2 rings (SSSR count). The summed E-state index contributed by atoms with van der Waals surface area (Å²) in [7, 11) is 0. The number of anilines is 1. The molecule has 0 fully saturated rings. The van der Waals surface area contributed by atoms with E-state index in [1.807, 2.05) is 0 Å². The molecule has 1 amide bonds. The van der Waals surface area contributed by atoms with Gasteiger partial charge in [0.25, 0.3) is 0 Å². The number of halogens is 6. The van der Waals surface area contributed by atoms with E-state index >= 15 is 0 Å². The lowest BCUT2D eigenvalue weighted by Gasteiger charge is -2.14. The predicted molar refractivity (Wildman–Crippen MR) is 71.6 cm³/mol. The Morgan fingerprint density at radius 1 is 0.870 bits per heavy atom. The summed E-state index contributed by atoms with van der Waals surface area (Å²) in [6.07, 6.45) is -9.68. The Balaban J connectivity index is 2.44. The zero-order chi connectivity index (χ0) is 17.3. The molecule has 0 atom stereocenters. The first kappa shape index (κ1) is 16.9. The van der Waals surface area contributed by atoms with Crippen molar-refractivity contribution in [3.63, 3.8) is 0 Å². The maximum Gasteiger partial charge on any atom is 0.471 e. The highest BCUT2D eigenvalue weighted by Gasteiger charge is 2.39. The summed E-state index contributed by atoms with van der Waals surface area (Å²) in [4.78, 5) is 11.0. The second-order valence-electron chi connectivity index (χ2n) is 4.58. The van der Waals surface area contributed by atoms with Crippen LogP contribution in [0.5, 0.6) is 0 Å². The van der Waals surface area contributed by atoms with Gasteiger partial charge in [-0.25, -0.2) is 0 Å². The number of alkyl halides is 6. The van der Waals surface area contributed by atoms with Gasteiger partial charge >= 0.3 is 18.3 Å². The molecule has 0 aromatic heterocycles. The summed E-state index contributed by atoms with van der Waals surface area (Å²) in [5.74, 6) is -2.20. The summed E-state index contributed by atoms with van der Waals surface area (Å²) in [6.45, 7) is 0. The van der Waals surface area contributed by atoms with Crippen LogP contribution in [0.1, 0.15) is 5.56 Å². The Hall–Kier alpha value is -2.51. The molecular weight excluding hydrogens is 324 g/mol. The van der Waals surface area contributed by atoms with Gasteiger partial charge in [0.1, 0.15) is 0 Å². The molecule has 0 saturated carbocycles. The molecule has 2 aromatic carbocycles. The summed E-state index contributed by atoms with van der Waals surface area (Å²) >= 11 is 0. The Bertz CT molecular complexity index is 720. The Labute approximate surface area is 126 Å². The smallest absolute Gasteiger partial charge is 0.318 e. The largest absolute Gasteiger partial charge is 0.471 e. The van der Waals surface area contributed by atoms with E-state index in [2.05, 4.69) is 0 Å². The van der Waals surface area contributed by atoms with Crippen LogP contribution in [-0.4, -0.2) is 12.1 Å². The second kappa shape index (κ2) is 5.94. The molecule has 0 unspecified atom stereocenters. The summed E-state index contributed by atoms with van der Waals surface area (Å²) in [6, 6.07) is 9.41. The van der Waals surface area contributed by atoms with Crippen LogP contribution < -0.4 is 5.32 Å². The van der Waals surface area contributed by atoms with Gasteiger partial charge in [-0.2, -0.15) is 26.3 Å². The number of para-hydroxylation sites is 1. The van der Waals surface area contributed by atoms with Gasteiger partial charge in [-0.15, -0.1) is 0 Å². The first-order valence-electron chi connectivity index (χ1n) is 6.24. The number of hydrogen-bond donors (Lipinski definition) is 1. The minimum atomic E-state index is -5.10. The molecule has 0 saturated heterocycles. The zero-order valence-corrected chi connectivity index (χ0v) is 11.3. The van der Waals surface area contributed by atoms with Crippen LogP contribution in [0.2, 0.25) is 0 Å². The first-order chi connectivity index (χ1) is 10.6. The molecule has 2 aromatic rings. The molecule has 0 radical (unpaired) electrons. The van der Waals surface area contributed by atoms with Gasteiger partial charge in [-0.3, -0.25) is 4.79 Å². The molecule has 1 N–H and O–H groups in total. The van der Waals surface area contributed by atoms with Gasteiger partial charge in [0.05, 0.1) is 5.56 Å². The van der Waals surface area contributed by atoms with Crippen molar-refractivity contribution >= 4 is 11.6 Å². The number of benzene rings is 2. The maximum atomic E-state index is 12.7. The van der Waals surface area contributed by atoms with E-state index < -0.39 is 23.8 Å². The fraction of sp³-hybridized carbons (Fsp3) is 0.133. The van der Waals surface area contributed by atoms with Gasteiger partial charge < -0.3 is 5.32 Å². The number of nitrogens with one attached hydrogen (secondary N) is 1. The number of amides is 1. The van der Waals surface area contributed by atoms with Crippen LogP contribution in [0.15, 0.2) is 48.5 Å². The normalized spacial score (nSPS) is 12.1. The fourth-order valence-electron chi connectivity index (χ4n) is 1.90. The molecule has 0 bridgehead atoms. The SMILES string of the molecule is O=C(Nc1ccccc1-c1cccc(C(F)(F)F)c1)C(F)(F)F. The van der Waals surface area contributed by atoms with Crippen molar-refractivity contribution in [3.8, 4) is 11.1 Å². The van der Waals surface area contributed by atoms with Gasteiger partial charge in [-0.1, -0.05) is 30.3 Å². The molecule has 0 aliphatic rings. The minimum Gasteiger partial charge on any atom is -0.318 e. The van der Waals surface area contributed by atoms with Crippen LogP contribution in [0.25, 0.3) is 11.1 Å². The van der Waals surface area contributed by atoms with Gasteiger partial charge in [0.15, 0.2) is 0 Å². The molecule has 0 aliphatic carbocycles. The lowest BCUT2D eigenvalue weighted by Crippen LogP contribution is -2.30. The van der Waals surface area contributed by atoms with Crippen molar-refractivity contribution in [1.29, 1.82) is 0 Å². The Kier molecular flexibility index (Phi) is 4.35. The molecule has 0 spiro atoms. The van der Waals surface area contributed by atoms with E-state index in [9.17, 15) is 31.1 Å². The second-order valence-corrected chi connectivity index (χ2v) is 4.58. The predicted octanol–water partition coefficient (Wildman–Crippen LogP) is 4.87. The fourth-order valence-corrected chi connectivity index (χ4v) is 1.90. The average molecular weight is 333 g/mol. The minimum absolute atomic E-state index is 0.0397. The van der Waals surface area contributed by atoms with E-state index in [1.54, 1.807) is 5.32 Å². The monoisotopic (exact) mass is 333 g/mol. The molecule has 0 aliphatic heterocycles. The van der Waals surface area contributed by atoms with Crippen LogP contribution >= 0.6 is 0 Å². The van der Waals surface area contributed by atoms with Crippen molar-refractivity contribution in [3.05, 3.63) is 54.1 Å². The highest BCUT2D eigenvalue weighted by atomic mass is 19.4. The standard InChI is InChI=1S/C15H9F6NO/c16-14(17,18)10-5-3-4-9(8-10)11-6-1-2-7-12(11)22-13(23)15(19,20)21/h1-8H,(H,22,23). The highest BCUT2D eigenvalue weighted by molar-refractivity contribution is 5.98. The molecule has 122 valence electrons. The quantitative estimate of drug-likeness (QED) is 0.780.